The number of aliphatic imine (C=N–C) groups is 1. The standard InChI is InChI=1S/C23H30N4O2.HI/c1-17-6-7-18(15-21(17)29-3)12-13-25-23(24-2)26-16-19-8-10-20(11-9-19)27-14-4-5-22(27)28;/h6-11,15H,4-5,12-14,16H2,1-3H3,(H2,24,25,26);1H. The van der Waals surface area contributed by atoms with Crippen LogP contribution in [0, 0.1) is 6.92 Å². The quantitative estimate of drug-likeness (QED) is 0.331. The van der Waals surface area contributed by atoms with E-state index >= 15 is 0 Å². The van der Waals surface area contributed by atoms with Crippen LogP contribution >= 0.6 is 24.0 Å². The van der Waals surface area contributed by atoms with Gasteiger partial charge < -0.3 is 20.3 Å². The highest BCUT2D eigenvalue weighted by molar-refractivity contribution is 14.0. The predicted molar refractivity (Wildman–Crippen MR) is 133 cm³/mol. The van der Waals surface area contributed by atoms with E-state index in [2.05, 4.69) is 46.0 Å². The van der Waals surface area contributed by atoms with Gasteiger partial charge in [-0.05, 0) is 54.7 Å². The number of aryl methyl sites for hydroxylation is 1. The topological polar surface area (TPSA) is 66.0 Å². The Bertz CT molecular complexity index is 868. The number of amides is 1. The highest BCUT2D eigenvalue weighted by atomic mass is 127. The molecule has 2 aromatic rings. The molecule has 0 aliphatic carbocycles. The zero-order valence-corrected chi connectivity index (χ0v) is 20.2. The zero-order valence-electron chi connectivity index (χ0n) is 17.9. The predicted octanol–water partition coefficient (Wildman–Crippen LogP) is 3.66. The Balaban J connectivity index is 0.00000320. The maximum atomic E-state index is 11.9. The van der Waals surface area contributed by atoms with E-state index < -0.39 is 0 Å². The Morgan fingerprint density at radius 2 is 1.87 bits per heavy atom. The fourth-order valence-corrected chi connectivity index (χ4v) is 3.47. The number of nitrogens with zero attached hydrogens (tertiary/aromatic N) is 2. The smallest absolute Gasteiger partial charge is 0.227 e. The molecule has 0 saturated carbocycles. The third kappa shape index (κ3) is 6.35. The van der Waals surface area contributed by atoms with Crippen LogP contribution in [-0.4, -0.2) is 39.1 Å². The number of hydrogen-bond donors (Lipinski definition) is 2. The van der Waals surface area contributed by atoms with Gasteiger partial charge in [0.15, 0.2) is 5.96 Å². The summed E-state index contributed by atoms with van der Waals surface area (Å²) in [5, 5.41) is 6.68. The molecule has 1 amide bonds. The lowest BCUT2D eigenvalue weighted by molar-refractivity contribution is -0.117. The summed E-state index contributed by atoms with van der Waals surface area (Å²) in [6, 6.07) is 14.4. The van der Waals surface area contributed by atoms with Crippen LogP contribution in [0.1, 0.15) is 29.5 Å². The van der Waals surface area contributed by atoms with Gasteiger partial charge in [0.2, 0.25) is 5.91 Å². The van der Waals surface area contributed by atoms with Crippen molar-refractivity contribution in [2.45, 2.75) is 32.7 Å². The van der Waals surface area contributed by atoms with Crippen LogP contribution in [0.5, 0.6) is 5.75 Å². The number of anilines is 1. The Labute approximate surface area is 196 Å². The van der Waals surface area contributed by atoms with Crippen molar-refractivity contribution < 1.29 is 9.53 Å². The number of halogens is 1. The maximum Gasteiger partial charge on any atom is 0.227 e. The average Bonchev–Trinajstić information content (AvgIpc) is 3.18. The molecule has 1 saturated heterocycles. The van der Waals surface area contributed by atoms with Gasteiger partial charge in [-0.3, -0.25) is 9.79 Å². The van der Waals surface area contributed by atoms with Gasteiger partial charge in [0.1, 0.15) is 5.75 Å². The lowest BCUT2D eigenvalue weighted by Gasteiger charge is -2.16. The van der Waals surface area contributed by atoms with Crippen molar-refractivity contribution in [1.82, 2.24) is 10.6 Å². The first kappa shape index (κ1) is 24.0. The van der Waals surface area contributed by atoms with E-state index in [1.54, 1.807) is 14.2 Å². The molecule has 1 aliphatic heterocycles. The van der Waals surface area contributed by atoms with E-state index in [1.807, 2.05) is 24.0 Å². The van der Waals surface area contributed by atoms with Gasteiger partial charge in [0.05, 0.1) is 7.11 Å². The second-order valence-electron chi connectivity index (χ2n) is 7.22. The normalized spacial score (nSPS) is 13.8. The van der Waals surface area contributed by atoms with Crippen LogP contribution in [0.2, 0.25) is 0 Å². The van der Waals surface area contributed by atoms with Gasteiger partial charge in [-0.2, -0.15) is 0 Å². The monoisotopic (exact) mass is 522 g/mol. The van der Waals surface area contributed by atoms with Crippen LogP contribution in [0.15, 0.2) is 47.5 Å². The molecule has 6 nitrogen and oxygen atoms in total. The first-order valence-corrected chi connectivity index (χ1v) is 10.1. The van der Waals surface area contributed by atoms with Crippen molar-refractivity contribution in [2.75, 3.05) is 32.1 Å². The summed E-state index contributed by atoms with van der Waals surface area (Å²) in [6.45, 7) is 4.32. The Morgan fingerprint density at radius 1 is 1.13 bits per heavy atom. The first-order valence-electron chi connectivity index (χ1n) is 10.1. The molecule has 1 aliphatic rings. The molecule has 3 rings (SSSR count). The van der Waals surface area contributed by atoms with Gasteiger partial charge in [0, 0.05) is 38.8 Å². The maximum absolute atomic E-state index is 11.9. The molecule has 30 heavy (non-hydrogen) atoms. The Morgan fingerprint density at radius 3 is 2.50 bits per heavy atom. The van der Waals surface area contributed by atoms with E-state index in [1.165, 1.54) is 5.56 Å². The number of hydrogen-bond acceptors (Lipinski definition) is 3. The van der Waals surface area contributed by atoms with E-state index in [9.17, 15) is 4.79 Å². The molecule has 2 aromatic carbocycles. The summed E-state index contributed by atoms with van der Waals surface area (Å²) >= 11 is 0. The van der Waals surface area contributed by atoms with Crippen molar-refractivity contribution in [2.24, 2.45) is 4.99 Å². The summed E-state index contributed by atoms with van der Waals surface area (Å²) in [5.74, 6) is 1.90. The third-order valence-electron chi connectivity index (χ3n) is 5.18. The molecular formula is C23H31IN4O2. The summed E-state index contributed by atoms with van der Waals surface area (Å²) in [4.78, 5) is 18.0. The number of guanidine groups is 1. The molecule has 0 atom stereocenters. The highest BCUT2D eigenvalue weighted by Gasteiger charge is 2.21. The lowest BCUT2D eigenvalue weighted by atomic mass is 10.1. The van der Waals surface area contributed by atoms with Crippen molar-refractivity contribution in [3.05, 3.63) is 59.2 Å². The van der Waals surface area contributed by atoms with Gasteiger partial charge in [-0.25, -0.2) is 0 Å². The Hall–Kier alpha value is -2.29. The summed E-state index contributed by atoms with van der Waals surface area (Å²) in [5.41, 5.74) is 4.49. The third-order valence-corrected chi connectivity index (χ3v) is 5.18. The molecular weight excluding hydrogens is 491 g/mol. The van der Waals surface area contributed by atoms with Crippen LogP contribution in [0.25, 0.3) is 0 Å². The molecule has 0 aromatic heterocycles. The van der Waals surface area contributed by atoms with Crippen molar-refractivity contribution >= 4 is 41.5 Å². The molecule has 0 bridgehead atoms. The highest BCUT2D eigenvalue weighted by Crippen LogP contribution is 2.21. The average molecular weight is 522 g/mol. The van der Waals surface area contributed by atoms with Crippen molar-refractivity contribution in [1.29, 1.82) is 0 Å². The van der Waals surface area contributed by atoms with E-state index in [-0.39, 0.29) is 29.9 Å². The van der Waals surface area contributed by atoms with Gasteiger partial charge in [0.25, 0.3) is 0 Å². The fraction of sp³-hybridized carbons (Fsp3) is 0.391. The molecule has 1 heterocycles. The number of nitrogens with one attached hydrogen (secondary N) is 2. The minimum Gasteiger partial charge on any atom is -0.496 e. The number of carbonyl (C=O) groups is 1. The van der Waals surface area contributed by atoms with Crippen LogP contribution < -0.4 is 20.3 Å². The zero-order chi connectivity index (χ0) is 20.6. The van der Waals surface area contributed by atoms with E-state index in [4.69, 9.17) is 4.74 Å². The van der Waals surface area contributed by atoms with E-state index in [0.717, 1.165) is 54.5 Å². The van der Waals surface area contributed by atoms with Gasteiger partial charge >= 0.3 is 0 Å². The number of benzene rings is 2. The molecule has 0 unspecified atom stereocenters. The summed E-state index contributed by atoms with van der Waals surface area (Å²) in [7, 11) is 3.47. The SMILES string of the molecule is CN=C(NCCc1ccc(C)c(OC)c1)NCc1ccc(N2CCCC2=O)cc1.I. The first-order chi connectivity index (χ1) is 14.1. The van der Waals surface area contributed by atoms with Crippen molar-refractivity contribution in [3.63, 3.8) is 0 Å². The minimum atomic E-state index is 0. The minimum absolute atomic E-state index is 0. The molecule has 162 valence electrons. The number of ether oxygens (including phenoxy) is 1. The second kappa shape index (κ2) is 11.8. The van der Waals surface area contributed by atoms with Crippen LogP contribution in [0.4, 0.5) is 5.69 Å². The molecule has 0 spiro atoms. The number of carbonyl (C=O) groups excluding carboxylic acids is 1. The van der Waals surface area contributed by atoms with Gasteiger partial charge in [-0.1, -0.05) is 24.3 Å². The fourth-order valence-electron chi connectivity index (χ4n) is 3.47. The lowest BCUT2D eigenvalue weighted by Crippen LogP contribution is -2.37. The molecule has 0 radical (unpaired) electrons. The van der Waals surface area contributed by atoms with Crippen LogP contribution in [0.3, 0.4) is 0 Å². The van der Waals surface area contributed by atoms with Crippen LogP contribution in [-0.2, 0) is 17.8 Å². The number of methoxy groups -OCH3 is 1. The van der Waals surface area contributed by atoms with Gasteiger partial charge in [-0.15, -0.1) is 24.0 Å². The second-order valence-corrected chi connectivity index (χ2v) is 7.22. The summed E-state index contributed by atoms with van der Waals surface area (Å²) < 4.78 is 5.39. The number of rotatable bonds is 7. The molecule has 7 heteroatoms. The van der Waals surface area contributed by atoms with E-state index in [0.29, 0.717) is 13.0 Å². The van der Waals surface area contributed by atoms with Crippen molar-refractivity contribution in [3.8, 4) is 5.75 Å². The molecule has 1 fully saturated rings. The molecule has 2 N–H and O–H groups in total. The largest absolute Gasteiger partial charge is 0.496 e. The Kier molecular flexibility index (Phi) is 9.42. The summed E-state index contributed by atoms with van der Waals surface area (Å²) in [6.07, 6.45) is 2.48.